The number of pyridine rings is 1. The third-order valence-corrected chi connectivity index (χ3v) is 5.45. The number of benzene rings is 2. The summed E-state index contributed by atoms with van der Waals surface area (Å²) in [4.78, 5) is 28.6. The van der Waals surface area contributed by atoms with E-state index in [0.29, 0.717) is 22.2 Å². The minimum atomic E-state index is -0.514. The maximum Gasteiger partial charge on any atom is 0.339 e. The van der Waals surface area contributed by atoms with Crippen molar-refractivity contribution in [1.29, 1.82) is 0 Å². The minimum absolute atomic E-state index is 0.0802. The second-order valence-electron chi connectivity index (χ2n) is 6.59. The van der Waals surface area contributed by atoms with Crippen LogP contribution in [0, 0.1) is 0 Å². The van der Waals surface area contributed by atoms with Crippen LogP contribution in [0.4, 0.5) is 5.69 Å². The number of esters is 1. The molecule has 0 radical (unpaired) electrons. The highest BCUT2D eigenvalue weighted by atomic mass is 32.2. The lowest BCUT2D eigenvalue weighted by atomic mass is 10.2. The number of thioether (sulfide) groups is 1. The van der Waals surface area contributed by atoms with Crippen molar-refractivity contribution >= 4 is 29.3 Å². The third-order valence-electron chi connectivity index (χ3n) is 4.53. The van der Waals surface area contributed by atoms with Crippen molar-refractivity contribution in [2.75, 3.05) is 18.2 Å². The molecule has 0 aliphatic carbocycles. The number of aromatic nitrogens is 4. The zero-order chi connectivity index (χ0) is 22.3. The SMILES string of the molecule is COC(=O)c1ccccc1NC(=O)CSc1nnc(-c2ccncc2)n1-c1ccccc1. The van der Waals surface area contributed by atoms with Gasteiger partial charge in [0.2, 0.25) is 5.91 Å². The first-order chi connectivity index (χ1) is 15.7. The topological polar surface area (TPSA) is 99.0 Å². The molecule has 0 spiro atoms. The normalized spacial score (nSPS) is 10.5. The zero-order valence-corrected chi connectivity index (χ0v) is 18.0. The number of methoxy groups -OCH3 is 1. The van der Waals surface area contributed by atoms with Gasteiger partial charge >= 0.3 is 5.97 Å². The molecule has 1 amide bonds. The van der Waals surface area contributed by atoms with Crippen LogP contribution in [-0.4, -0.2) is 44.5 Å². The average molecular weight is 446 g/mol. The quantitative estimate of drug-likeness (QED) is 0.341. The number of hydrogen-bond acceptors (Lipinski definition) is 7. The van der Waals surface area contributed by atoms with Gasteiger partial charge in [0.1, 0.15) is 0 Å². The molecule has 8 nitrogen and oxygen atoms in total. The Morgan fingerprint density at radius 2 is 1.69 bits per heavy atom. The average Bonchev–Trinajstić information content (AvgIpc) is 3.28. The van der Waals surface area contributed by atoms with Crippen molar-refractivity contribution in [3.8, 4) is 17.1 Å². The van der Waals surface area contributed by atoms with Gasteiger partial charge in [-0.05, 0) is 36.4 Å². The Balaban J connectivity index is 1.56. The van der Waals surface area contributed by atoms with Gasteiger partial charge < -0.3 is 10.1 Å². The standard InChI is InChI=1S/C23H19N5O3S/c1-31-22(30)18-9-5-6-10-19(18)25-20(29)15-32-23-27-26-21(16-11-13-24-14-12-16)28(23)17-7-3-2-4-8-17/h2-14H,15H2,1H3,(H,25,29). The van der Waals surface area contributed by atoms with Crippen LogP contribution in [0.2, 0.25) is 0 Å². The molecule has 2 aromatic carbocycles. The number of hydrogen-bond donors (Lipinski definition) is 1. The smallest absolute Gasteiger partial charge is 0.339 e. The van der Waals surface area contributed by atoms with Crippen LogP contribution < -0.4 is 5.32 Å². The Morgan fingerprint density at radius 1 is 0.969 bits per heavy atom. The fraction of sp³-hybridized carbons (Fsp3) is 0.0870. The Morgan fingerprint density at radius 3 is 2.44 bits per heavy atom. The van der Waals surface area contributed by atoms with Gasteiger partial charge in [-0.25, -0.2) is 4.79 Å². The lowest BCUT2D eigenvalue weighted by Gasteiger charge is -2.11. The van der Waals surface area contributed by atoms with Crippen LogP contribution in [0.15, 0.2) is 84.3 Å². The van der Waals surface area contributed by atoms with E-state index in [-0.39, 0.29) is 11.7 Å². The van der Waals surface area contributed by atoms with Crippen molar-refractivity contribution in [1.82, 2.24) is 19.7 Å². The number of amides is 1. The first-order valence-corrected chi connectivity index (χ1v) is 10.7. The van der Waals surface area contributed by atoms with Crippen LogP contribution in [-0.2, 0) is 9.53 Å². The summed E-state index contributed by atoms with van der Waals surface area (Å²) in [5, 5.41) is 12.0. The lowest BCUT2D eigenvalue weighted by molar-refractivity contribution is -0.113. The summed E-state index contributed by atoms with van der Waals surface area (Å²) in [6, 6.07) is 20.1. The Bertz CT molecular complexity index is 1230. The molecule has 1 N–H and O–H groups in total. The van der Waals surface area contributed by atoms with Gasteiger partial charge in [0.15, 0.2) is 11.0 Å². The maximum absolute atomic E-state index is 12.6. The van der Waals surface area contributed by atoms with E-state index in [9.17, 15) is 9.59 Å². The lowest BCUT2D eigenvalue weighted by Crippen LogP contribution is -2.17. The fourth-order valence-electron chi connectivity index (χ4n) is 3.06. The Labute approximate surface area is 188 Å². The molecule has 0 fully saturated rings. The number of carbonyl (C=O) groups excluding carboxylic acids is 2. The number of ether oxygens (including phenoxy) is 1. The number of rotatable bonds is 7. The number of para-hydroxylation sites is 2. The number of nitrogens with zero attached hydrogens (tertiary/aromatic N) is 4. The molecule has 0 aliphatic heterocycles. The first kappa shape index (κ1) is 21.3. The summed E-state index contributed by atoms with van der Waals surface area (Å²) < 4.78 is 6.67. The molecule has 0 saturated carbocycles. The van der Waals surface area contributed by atoms with E-state index in [1.54, 1.807) is 36.7 Å². The summed E-state index contributed by atoms with van der Waals surface area (Å²) in [7, 11) is 1.30. The summed E-state index contributed by atoms with van der Waals surface area (Å²) >= 11 is 1.25. The molecule has 32 heavy (non-hydrogen) atoms. The van der Waals surface area contributed by atoms with E-state index < -0.39 is 5.97 Å². The van der Waals surface area contributed by atoms with E-state index in [4.69, 9.17) is 4.74 Å². The van der Waals surface area contributed by atoms with E-state index >= 15 is 0 Å². The summed E-state index contributed by atoms with van der Waals surface area (Å²) in [5.41, 5.74) is 2.43. The fourth-order valence-corrected chi connectivity index (χ4v) is 3.81. The van der Waals surface area contributed by atoms with Gasteiger partial charge in [0.25, 0.3) is 0 Å². The van der Waals surface area contributed by atoms with Gasteiger partial charge in [0, 0.05) is 23.6 Å². The van der Waals surface area contributed by atoms with Crippen LogP contribution in [0.5, 0.6) is 0 Å². The van der Waals surface area contributed by atoms with Crippen molar-refractivity contribution in [3.05, 3.63) is 84.7 Å². The number of carbonyl (C=O) groups is 2. The molecule has 0 atom stereocenters. The monoisotopic (exact) mass is 445 g/mol. The van der Waals surface area contributed by atoms with Gasteiger partial charge in [-0.1, -0.05) is 42.1 Å². The van der Waals surface area contributed by atoms with Crippen LogP contribution in [0.25, 0.3) is 17.1 Å². The number of nitrogens with one attached hydrogen (secondary N) is 1. The summed E-state index contributed by atoms with van der Waals surface area (Å²) in [5.74, 6) is -0.0621. The molecular weight excluding hydrogens is 426 g/mol. The number of anilines is 1. The predicted molar refractivity (Wildman–Crippen MR) is 122 cm³/mol. The first-order valence-electron chi connectivity index (χ1n) is 9.68. The van der Waals surface area contributed by atoms with Crippen LogP contribution >= 0.6 is 11.8 Å². The molecule has 0 bridgehead atoms. The second-order valence-corrected chi connectivity index (χ2v) is 7.53. The molecule has 2 heterocycles. The molecule has 9 heteroatoms. The van der Waals surface area contributed by atoms with Gasteiger partial charge in [-0.2, -0.15) is 0 Å². The van der Waals surface area contributed by atoms with Gasteiger partial charge in [-0.3, -0.25) is 14.3 Å². The Hall–Kier alpha value is -3.98. The van der Waals surface area contributed by atoms with E-state index in [1.807, 2.05) is 47.0 Å². The minimum Gasteiger partial charge on any atom is -0.465 e. The molecule has 0 unspecified atom stereocenters. The molecule has 160 valence electrons. The van der Waals surface area contributed by atoms with E-state index in [2.05, 4.69) is 20.5 Å². The van der Waals surface area contributed by atoms with Crippen molar-refractivity contribution in [2.24, 2.45) is 0 Å². The molecule has 0 aliphatic rings. The van der Waals surface area contributed by atoms with Crippen LogP contribution in [0.1, 0.15) is 10.4 Å². The van der Waals surface area contributed by atoms with Crippen molar-refractivity contribution in [3.63, 3.8) is 0 Å². The summed E-state index contributed by atoms with van der Waals surface area (Å²) in [6.07, 6.45) is 3.39. The molecule has 4 aromatic rings. The third kappa shape index (κ3) is 4.68. The van der Waals surface area contributed by atoms with Crippen LogP contribution in [0.3, 0.4) is 0 Å². The van der Waals surface area contributed by atoms with Crippen molar-refractivity contribution < 1.29 is 14.3 Å². The second kappa shape index (κ2) is 9.88. The highest BCUT2D eigenvalue weighted by Gasteiger charge is 2.18. The molecular formula is C23H19N5O3S. The maximum atomic E-state index is 12.6. The van der Waals surface area contributed by atoms with E-state index in [0.717, 1.165) is 11.3 Å². The largest absolute Gasteiger partial charge is 0.465 e. The van der Waals surface area contributed by atoms with Crippen molar-refractivity contribution in [2.45, 2.75) is 5.16 Å². The predicted octanol–water partition coefficient (Wildman–Crippen LogP) is 3.85. The zero-order valence-electron chi connectivity index (χ0n) is 17.1. The van der Waals surface area contributed by atoms with Gasteiger partial charge in [0.05, 0.1) is 24.1 Å². The van der Waals surface area contributed by atoms with Gasteiger partial charge in [-0.15, -0.1) is 10.2 Å². The molecule has 2 aromatic heterocycles. The molecule has 0 saturated heterocycles. The Kier molecular flexibility index (Phi) is 6.57. The highest BCUT2D eigenvalue weighted by molar-refractivity contribution is 7.99. The molecule has 4 rings (SSSR count). The summed E-state index contributed by atoms with van der Waals surface area (Å²) in [6.45, 7) is 0. The van der Waals surface area contributed by atoms with E-state index in [1.165, 1.54) is 18.9 Å². The highest BCUT2D eigenvalue weighted by Crippen LogP contribution is 2.28.